The molecule has 90 valence electrons. The summed E-state index contributed by atoms with van der Waals surface area (Å²) in [6.07, 6.45) is 4.92. The predicted molar refractivity (Wildman–Crippen MR) is 71.1 cm³/mol. The van der Waals surface area contributed by atoms with Gasteiger partial charge in [0.05, 0.1) is 11.6 Å². The van der Waals surface area contributed by atoms with Crippen molar-refractivity contribution >= 4 is 5.97 Å². The summed E-state index contributed by atoms with van der Waals surface area (Å²) in [6.45, 7) is 0. The molecule has 19 heavy (non-hydrogen) atoms. The predicted octanol–water partition coefficient (Wildman–Crippen LogP) is 2.76. The van der Waals surface area contributed by atoms with Crippen LogP contribution in [-0.2, 0) is 4.79 Å². The number of esters is 1. The van der Waals surface area contributed by atoms with Gasteiger partial charge < -0.3 is 4.74 Å². The van der Waals surface area contributed by atoms with Crippen molar-refractivity contribution < 1.29 is 9.53 Å². The number of nitriles is 1. The lowest BCUT2D eigenvalue weighted by molar-refractivity contribution is -0.128. The molecule has 0 saturated carbocycles. The number of ether oxygens (including phenoxy) is 1. The lowest BCUT2D eigenvalue weighted by Gasteiger charge is -2.04. The SMILES string of the molecule is C#CC(=O)Oc1ccc(-c2ccc(C#N)cc2)cc1. The summed E-state index contributed by atoms with van der Waals surface area (Å²) in [7, 11) is 0. The molecule has 3 nitrogen and oxygen atoms in total. The van der Waals surface area contributed by atoms with Crippen molar-refractivity contribution in [1.82, 2.24) is 0 Å². The molecule has 0 heterocycles. The molecular formula is C16H9NO2. The average molecular weight is 247 g/mol. The van der Waals surface area contributed by atoms with Crippen molar-refractivity contribution in [2.45, 2.75) is 0 Å². The molecule has 0 aliphatic heterocycles. The molecule has 0 aliphatic rings. The van der Waals surface area contributed by atoms with E-state index >= 15 is 0 Å². The zero-order valence-corrected chi connectivity index (χ0v) is 9.96. The maximum absolute atomic E-state index is 10.9. The Bertz CT molecular complexity index is 671. The summed E-state index contributed by atoms with van der Waals surface area (Å²) < 4.78 is 4.87. The number of hydrogen-bond acceptors (Lipinski definition) is 3. The minimum Gasteiger partial charge on any atom is -0.417 e. The Morgan fingerprint density at radius 3 is 2.00 bits per heavy atom. The molecule has 2 aromatic rings. The summed E-state index contributed by atoms with van der Waals surface area (Å²) in [4.78, 5) is 10.9. The lowest BCUT2D eigenvalue weighted by atomic mass is 10.0. The normalized spacial score (nSPS) is 9.16. The van der Waals surface area contributed by atoms with Crippen LogP contribution in [0.3, 0.4) is 0 Å². The fraction of sp³-hybridized carbons (Fsp3) is 0. The van der Waals surface area contributed by atoms with Crippen molar-refractivity contribution in [3.63, 3.8) is 0 Å². The van der Waals surface area contributed by atoms with E-state index in [1.54, 1.807) is 24.3 Å². The van der Waals surface area contributed by atoms with Crippen LogP contribution in [0.2, 0.25) is 0 Å². The van der Waals surface area contributed by atoms with Crippen molar-refractivity contribution in [2.75, 3.05) is 0 Å². The van der Waals surface area contributed by atoms with Gasteiger partial charge in [-0.1, -0.05) is 24.3 Å². The summed E-state index contributed by atoms with van der Waals surface area (Å²) in [5, 5.41) is 8.73. The number of carbonyl (C=O) groups excluding carboxylic acids is 1. The first kappa shape index (κ1) is 12.4. The highest BCUT2D eigenvalue weighted by molar-refractivity contribution is 5.89. The van der Waals surface area contributed by atoms with Gasteiger partial charge in [0.15, 0.2) is 0 Å². The van der Waals surface area contributed by atoms with E-state index in [2.05, 4.69) is 6.07 Å². The highest BCUT2D eigenvalue weighted by Gasteiger charge is 2.02. The number of hydrogen-bond donors (Lipinski definition) is 0. The monoisotopic (exact) mass is 247 g/mol. The molecule has 0 saturated heterocycles. The van der Waals surface area contributed by atoms with Crippen molar-refractivity contribution in [1.29, 1.82) is 5.26 Å². The molecule has 0 N–H and O–H groups in total. The van der Waals surface area contributed by atoms with Gasteiger partial charge in [0.1, 0.15) is 5.75 Å². The fourth-order valence-electron chi connectivity index (χ4n) is 1.59. The largest absolute Gasteiger partial charge is 0.417 e. The highest BCUT2D eigenvalue weighted by Crippen LogP contribution is 2.22. The number of terminal acetylenes is 1. The lowest BCUT2D eigenvalue weighted by Crippen LogP contribution is -2.03. The van der Waals surface area contributed by atoms with Crippen LogP contribution in [0.15, 0.2) is 48.5 Å². The second kappa shape index (κ2) is 5.53. The average Bonchev–Trinajstić information content (AvgIpc) is 2.48. The summed E-state index contributed by atoms with van der Waals surface area (Å²) in [6, 6.07) is 16.3. The van der Waals surface area contributed by atoms with Crippen LogP contribution in [0.5, 0.6) is 5.75 Å². The van der Waals surface area contributed by atoms with Crippen molar-refractivity contribution in [3.05, 3.63) is 54.1 Å². The van der Waals surface area contributed by atoms with Gasteiger partial charge in [-0.05, 0) is 35.4 Å². The Balaban J connectivity index is 2.20. The number of nitrogens with zero attached hydrogens (tertiary/aromatic N) is 1. The maximum atomic E-state index is 10.9. The van der Waals surface area contributed by atoms with Crippen LogP contribution < -0.4 is 4.74 Å². The van der Waals surface area contributed by atoms with E-state index in [1.807, 2.05) is 30.2 Å². The topological polar surface area (TPSA) is 50.1 Å². The second-order valence-electron chi connectivity index (χ2n) is 3.75. The van der Waals surface area contributed by atoms with Crippen LogP contribution in [0.4, 0.5) is 0 Å². The molecule has 2 aromatic carbocycles. The third-order valence-corrected chi connectivity index (χ3v) is 2.53. The smallest absolute Gasteiger partial charge is 0.389 e. The molecule has 0 atom stereocenters. The zero-order chi connectivity index (χ0) is 13.7. The van der Waals surface area contributed by atoms with Crippen LogP contribution in [0, 0.1) is 23.7 Å². The first-order valence-corrected chi connectivity index (χ1v) is 5.52. The molecule has 0 spiro atoms. The van der Waals surface area contributed by atoms with Crippen LogP contribution >= 0.6 is 0 Å². The van der Waals surface area contributed by atoms with E-state index < -0.39 is 5.97 Å². The maximum Gasteiger partial charge on any atom is 0.389 e. The van der Waals surface area contributed by atoms with Gasteiger partial charge in [-0.2, -0.15) is 5.26 Å². The summed E-state index contributed by atoms with van der Waals surface area (Å²) >= 11 is 0. The van der Waals surface area contributed by atoms with E-state index in [4.69, 9.17) is 16.4 Å². The molecule has 0 unspecified atom stereocenters. The van der Waals surface area contributed by atoms with Gasteiger partial charge in [0.2, 0.25) is 0 Å². The molecule has 2 rings (SSSR count). The van der Waals surface area contributed by atoms with Gasteiger partial charge in [-0.25, -0.2) is 4.79 Å². The van der Waals surface area contributed by atoms with E-state index in [1.165, 1.54) is 0 Å². The molecule has 0 fully saturated rings. The molecule has 0 aromatic heterocycles. The Morgan fingerprint density at radius 1 is 1.00 bits per heavy atom. The van der Waals surface area contributed by atoms with Crippen LogP contribution in [0.25, 0.3) is 11.1 Å². The Morgan fingerprint density at radius 2 is 1.53 bits per heavy atom. The van der Waals surface area contributed by atoms with Gasteiger partial charge in [-0.15, -0.1) is 6.42 Å². The van der Waals surface area contributed by atoms with E-state index in [0.29, 0.717) is 11.3 Å². The zero-order valence-electron chi connectivity index (χ0n) is 9.96. The van der Waals surface area contributed by atoms with Gasteiger partial charge in [0.25, 0.3) is 0 Å². The molecule has 0 bridgehead atoms. The first-order valence-electron chi connectivity index (χ1n) is 5.52. The molecule has 3 heteroatoms. The van der Waals surface area contributed by atoms with E-state index in [0.717, 1.165) is 11.1 Å². The minimum absolute atomic E-state index is 0.403. The fourth-order valence-corrected chi connectivity index (χ4v) is 1.59. The number of rotatable bonds is 2. The first-order chi connectivity index (χ1) is 9.22. The second-order valence-corrected chi connectivity index (χ2v) is 3.75. The van der Waals surface area contributed by atoms with Gasteiger partial charge in [-0.3, -0.25) is 0 Å². The summed E-state index contributed by atoms with van der Waals surface area (Å²) in [5.74, 6) is 1.57. The quantitative estimate of drug-likeness (QED) is 0.355. The van der Waals surface area contributed by atoms with Gasteiger partial charge >= 0.3 is 5.97 Å². The number of benzene rings is 2. The van der Waals surface area contributed by atoms with Crippen molar-refractivity contribution in [3.8, 4) is 35.3 Å². The van der Waals surface area contributed by atoms with Crippen LogP contribution in [0.1, 0.15) is 5.56 Å². The van der Waals surface area contributed by atoms with E-state index in [9.17, 15) is 4.79 Å². The molecular weight excluding hydrogens is 238 g/mol. The van der Waals surface area contributed by atoms with Gasteiger partial charge in [0, 0.05) is 5.92 Å². The Hall–Kier alpha value is -3.04. The minimum atomic E-state index is -0.717. The molecule has 0 aliphatic carbocycles. The Labute approximate surface area is 111 Å². The van der Waals surface area contributed by atoms with E-state index in [-0.39, 0.29) is 0 Å². The highest BCUT2D eigenvalue weighted by atomic mass is 16.5. The van der Waals surface area contributed by atoms with Crippen LogP contribution in [-0.4, -0.2) is 5.97 Å². The number of carbonyl (C=O) groups is 1. The third kappa shape index (κ3) is 3.00. The Kier molecular flexibility index (Phi) is 3.61. The standard InChI is InChI=1S/C16H9NO2/c1-2-16(18)19-15-9-7-14(8-10-15)13-5-3-12(11-17)4-6-13/h1,3-10H. The molecule has 0 amide bonds. The van der Waals surface area contributed by atoms with Crippen molar-refractivity contribution in [2.24, 2.45) is 0 Å². The molecule has 0 radical (unpaired) electrons. The summed E-state index contributed by atoms with van der Waals surface area (Å²) in [5.41, 5.74) is 2.56. The third-order valence-electron chi connectivity index (χ3n) is 2.53.